The molecule has 0 bridgehead atoms. The number of carbonyl (C=O) groups is 1. The number of hydrogen-bond donors (Lipinski definition) is 1. The van der Waals surface area contributed by atoms with Gasteiger partial charge in [-0.25, -0.2) is 4.79 Å². The molecular formula is C6H7FN2O4S. The van der Waals surface area contributed by atoms with E-state index < -0.39 is 21.2 Å². The Balaban J connectivity index is 2.94. The summed E-state index contributed by atoms with van der Waals surface area (Å²) < 4.78 is 37.5. The zero-order valence-electron chi connectivity index (χ0n) is 7.15. The lowest BCUT2D eigenvalue weighted by Gasteiger charge is -1.94. The maximum Gasteiger partial charge on any atom is 0.358 e. The predicted molar refractivity (Wildman–Crippen MR) is 42.8 cm³/mol. The number of aromatic nitrogens is 2. The minimum atomic E-state index is -4.86. The molecule has 0 saturated carbocycles. The highest BCUT2D eigenvalue weighted by Gasteiger charge is 2.19. The number of ether oxygens (including phenoxy) is 1. The summed E-state index contributed by atoms with van der Waals surface area (Å²) in [5.41, 5.74) is -0.275. The molecule has 0 unspecified atom stereocenters. The second kappa shape index (κ2) is 3.74. The summed E-state index contributed by atoms with van der Waals surface area (Å²) in [7, 11) is -4.86. The summed E-state index contributed by atoms with van der Waals surface area (Å²) in [6.07, 6.45) is 0. The monoisotopic (exact) mass is 222 g/mol. The molecule has 1 N–H and O–H groups in total. The Morgan fingerprint density at radius 1 is 1.71 bits per heavy atom. The molecule has 0 aromatic carbocycles. The van der Waals surface area contributed by atoms with Crippen molar-refractivity contribution in [3.05, 3.63) is 11.8 Å². The molecule has 14 heavy (non-hydrogen) atoms. The maximum atomic E-state index is 12.3. The molecule has 0 aliphatic rings. The normalized spacial score (nSPS) is 11.3. The molecule has 1 aromatic rings. The summed E-state index contributed by atoms with van der Waals surface area (Å²) >= 11 is 0. The molecule has 0 radical (unpaired) electrons. The van der Waals surface area contributed by atoms with Gasteiger partial charge in [0.1, 0.15) is 0 Å². The van der Waals surface area contributed by atoms with Gasteiger partial charge in [0.25, 0.3) is 0 Å². The van der Waals surface area contributed by atoms with Crippen LogP contribution in [-0.4, -0.2) is 31.2 Å². The third-order valence-electron chi connectivity index (χ3n) is 1.30. The fourth-order valence-electron chi connectivity index (χ4n) is 0.739. The Morgan fingerprint density at radius 2 is 2.36 bits per heavy atom. The van der Waals surface area contributed by atoms with Crippen molar-refractivity contribution in [1.29, 1.82) is 0 Å². The van der Waals surface area contributed by atoms with E-state index in [-0.39, 0.29) is 12.3 Å². The Morgan fingerprint density at radius 3 is 2.79 bits per heavy atom. The topological polar surface area (TPSA) is 89.1 Å². The van der Waals surface area contributed by atoms with Gasteiger partial charge in [-0.1, -0.05) is 3.89 Å². The third-order valence-corrected chi connectivity index (χ3v) is 2.04. The van der Waals surface area contributed by atoms with Crippen molar-refractivity contribution in [1.82, 2.24) is 10.2 Å². The van der Waals surface area contributed by atoms with Gasteiger partial charge in [-0.05, 0) is 6.92 Å². The molecule has 0 amide bonds. The second-order valence-electron chi connectivity index (χ2n) is 2.28. The standard InChI is InChI=1S/C6H7FN2O4S/c1-2-13-6(10)4-3-5(9-8-4)14(7,11)12/h3H,2H2,1H3,(H,8,9). The molecule has 1 aromatic heterocycles. The number of nitrogens with zero attached hydrogens (tertiary/aromatic N) is 1. The highest BCUT2D eigenvalue weighted by atomic mass is 32.3. The van der Waals surface area contributed by atoms with E-state index in [2.05, 4.69) is 9.84 Å². The first-order valence-corrected chi connectivity index (χ1v) is 5.00. The number of nitrogens with one attached hydrogen (secondary N) is 1. The zero-order chi connectivity index (χ0) is 10.8. The molecule has 0 atom stereocenters. The van der Waals surface area contributed by atoms with Gasteiger partial charge in [0, 0.05) is 6.07 Å². The molecule has 0 aliphatic heterocycles. The van der Waals surface area contributed by atoms with Crippen molar-refractivity contribution in [3.8, 4) is 0 Å². The molecule has 1 heterocycles. The molecule has 0 spiro atoms. The second-order valence-corrected chi connectivity index (χ2v) is 3.59. The van der Waals surface area contributed by atoms with Gasteiger partial charge in [0.05, 0.1) is 6.61 Å². The van der Waals surface area contributed by atoms with Crippen molar-refractivity contribution in [2.75, 3.05) is 6.61 Å². The minimum Gasteiger partial charge on any atom is -0.461 e. The third kappa shape index (κ3) is 2.28. The molecule has 0 fully saturated rings. The van der Waals surface area contributed by atoms with Crippen LogP contribution in [0.25, 0.3) is 0 Å². The van der Waals surface area contributed by atoms with E-state index in [9.17, 15) is 17.1 Å². The highest BCUT2D eigenvalue weighted by molar-refractivity contribution is 7.86. The average Bonchev–Trinajstić information content (AvgIpc) is 2.51. The number of H-pyrrole nitrogens is 1. The number of hydrogen-bond acceptors (Lipinski definition) is 5. The van der Waals surface area contributed by atoms with Gasteiger partial charge in [-0.2, -0.15) is 13.5 Å². The molecule has 6 nitrogen and oxygen atoms in total. The van der Waals surface area contributed by atoms with E-state index >= 15 is 0 Å². The molecular weight excluding hydrogens is 215 g/mol. The summed E-state index contributed by atoms with van der Waals surface area (Å²) in [5, 5.41) is 4.39. The van der Waals surface area contributed by atoms with Crippen molar-refractivity contribution in [3.63, 3.8) is 0 Å². The Kier molecular flexibility index (Phi) is 2.84. The van der Waals surface area contributed by atoms with Gasteiger partial charge >= 0.3 is 16.2 Å². The molecule has 78 valence electrons. The van der Waals surface area contributed by atoms with Crippen molar-refractivity contribution in [2.45, 2.75) is 11.9 Å². The fraction of sp³-hybridized carbons (Fsp3) is 0.333. The number of aromatic amines is 1. The quantitative estimate of drug-likeness (QED) is 0.584. The molecule has 1 rings (SSSR count). The van der Waals surface area contributed by atoms with E-state index in [1.165, 1.54) is 0 Å². The van der Waals surface area contributed by atoms with Gasteiger partial charge in [-0.3, -0.25) is 5.10 Å². The van der Waals surface area contributed by atoms with Gasteiger partial charge < -0.3 is 4.74 Å². The average molecular weight is 222 g/mol. The number of carbonyl (C=O) groups excluding carboxylic acids is 1. The SMILES string of the molecule is CCOC(=O)c1cc(S(=O)(=O)F)[nH]n1. The van der Waals surface area contributed by atoms with Crippen LogP contribution in [0.4, 0.5) is 3.89 Å². The van der Waals surface area contributed by atoms with Crippen LogP contribution < -0.4 is 0 Å². The van der Waals surface area contributed by atoms with E-state index in [0.29, 0.717) is 0 Å². The first-order chi connectivity index (χ1) is 6.45. The number of esters is 1. The van der Waals surface area contributed by atoms with Crippen LogP contribution in [-0.2, 0) is 15.0 Å². The summed E-state index contributed by atoms with van der Waals surface area (Å²) in [6, 6.07) is 0.771. The zero-order valence-corrected chi connectivity index (χ0v) is 7.97. The largest absolute Gasteiger partial charge is 0.461 e. The first-order valence-electron chi connectivity index (χ1n) is 3.62. The minimum absolute atomic E-state index is 0.128. The smallest absolute Gasteiger partial charge is 0.358 e. The molecule has 0 aliphatic carbocycles. The summed E-state index contributed by atoms with van der Waals surface area (Å²) in [5.74, 6) is -0.807. The number of halogens is 1. The van der Waals surface area contributed by atoms with Crippen molar-refractivity contribution >= 4 is 16.2 Å². The Bertz CT molecular complexity index is 438. The van der Waals surface area contributed by atoms with E-state index in [0.717, 1.165) is 6.07 Å². The lowest BCUT2D eigenvalue weighted by Crippen LogP contribution is -2.04. The maximum absolute atomic E-state index is 12.3. The van der Waals surface area contributed by atoms with E-state index in [1.54, 1.807) is 6.92 Å². The van der Waals surface area contributed by atoms with E-state index in [1.807, 2.05) is 5.10 Å². The van der Waals surface area contributed by atoms with Crippen molar-refractivity contribution < 1.29 is 21.8 Å². The van der Waals surface area contributed by atoms with Crippen molar-refractivity contribution in [2.24, 2.45) is 0 Å². The number of rotatable bonds is 3. The molecule has 0 saturated heterocycles. The highest BCUT2D eigenvalue weighted by Crippen LogP contribution is 2.10. The van der Waals surface area contributed by atoms with Crippen LogP contribution in [0.2, 0.25) is 0 Å². The van der Waals surface area contributed by atoms with Crippen LogP contribution in [0.3, 0.4) is 0 Å². The van der Waals surface area contributed by atoms with Gasteiger partial charge in [0.2, 0.25) is 0 Å². The van der Waals surface area contributed by atoms with Crippen LogP contribution in [0.15, 0.2) is 11.1 Å². The van der Waals surface area contributed by atoms with Crippen LogP contribution >= 0.6 is 0 Å². The first kappa shape index (κ1) is 10.6. The lowest BCUT2D eigenvalue weighted by atomic mass is 10.4. The summed E-state index contributed by atoms with van der Waals surface area (Å²) in [6.45, 7) is 1.71. The van der Waals surface area contributed by atoms with Crippen LogP contribution in [0.1, 0.15) is 17.4 Å². The van der Waals surface area contributed by atoms with Crippen LogP contribution in [0, 0.1) is 0 Å². The summed E-state index contributed by atoms with van der Waals surface area (Å²) in [4.78, 5) is 11.0. The molecule has 8 heteroatoms. The van der Waals surface area contributed by atoms with Gasteiger partial charge in [0.15, 0.2) is 10.7 Å². The lowest BCUT2D eigenvalue weighted by molar-refractivity contribution is 0.0519. The Hall–Kier alpha value is -1.44. The van der Waals surface area contributed by atoms with Crippen LogP contribution in [0.5, 0.6) is 0 Å². The Labute approximate surface area is 79.3 Å². The fourth-order valence-corrected chi connectivity index (χ4v) is 1.15. The van der Waals surface area contributed by atoms with Gasteiger partial charge in [-0.15, -0.1) is 0 Å². The predicted octanol–water partition coefficient (Wildman–Crippen LogP) is 0.245. The van der Waals surface area contributed by atoms with E-state index in [4.69, 9.17) is 0 Å².